The van der Waals surface area contributed by atoms with E-state index in [1.54, 1.807) is 25.4 Å². The van der Waals surface area contributed by atoms with E-state index in [1.165, 1.54) is 27.9 Å². The first-order valence-corrected chi connectivity index (χ1v) is 10.1. The molecule has 160 valence electrons. The molecule has 31 heavy (non-hydrogen) atoms. The van der Waals surface area contributed by atoms with Gasteiger partial charge in [-0.25, -0.2) is 13.8 Å². The van der Waals surface area contributed by atoms with Gasteiger partial charge in [0.15, 0.2) is 12.0 Å². The van der Waals surface area contributed by atoms with Crippen molar-refractivity contribution in [1.82, 2.24) is 20.1 Å². The minimum atomic E-state index is -1.45. The number of nitrogens with zero attached hydrogens (tertiary/aromatic N) is 4. The number of rotatable bonds is 5. The van der Waals surface area contributed by atoms with Gasteiger partial charge in [0.05, 0.1) is 18.8 Å². The number of anilines is 1. The highest BCUT2D eigenvalue weighted by atomic mass is 19.1. The molecule has 3 heterocycles. The fourth-order valence-electron chi connectivity index (χ4n) is 4.31. The van der Waals surface area contributed by atoms with E-state index in [-0.39, 0.29) is 35.8 Å². The number of aromatic nitrogens is 3. The van der Waals surface area contributed by atoms with E-state index in [9.17, 15) is 18.7 Å². The fraction of sp³-hybridized carbons (Fsp3) is 0.318. The molecule has 3 aromatic rings. The van der Waals surface area contributed by atoms with Crippen molar-refractivity contribution in [1.29, 1.82) is 0 Å². The average molecular weight is 425 g/mol. The lowest BCUT2D eigenvalue weighted by Crippen LogP contribution is -2.47. The Bertz CT molecular complexity index is 1130. The van der Waals surface area contributed by atoms with Crippen LogP contribution >= 0.6 is 0 Å². The van der Waals surface area contributed by atoms with Crippen molar-refractivity contribution >= 4 is 11.7 Å². The van der Waals surface area contributed by atoms with Crippen LogP contribution in [-0.4, -0.2) is 38.9 Å². The summed E-state index contributed by atoms with van der Waals surface area (Å²) in [6.07, 6.45) is 2.16. The van der Waals surface area contributed by atoms with Crippen LogP contribution in [0.3, 0.4) is 0 Å². The molecule has 1 aromatic carbocycles. The number of hydrogen-bond acceptors (Lipinski definition) is 5. The summed E-state index contributed by atoms with van der Waals surface area (Å²) in [5, 5.41) is 17.7. The predicted octanol–water partition coefficient (Wildman–Crippen LogP) is 2.33. The SMILES string of the molecule is CN1C(=O)[C@@H](NC(O)c2nn(Cc3ccc(F)cc3)cc2F)[C@H]2C[C@H]2c2cccnc21. The molecule has 1 fully saturated rings. The summed E-state index contributed by atoms with van der Waals surface area (Å²) in [4.78, 5) is 18.9. The number of amides is 1. The van der Waals surface area contributed by atoms with Crippen LogP contribution < -0.4 is 10.2 Å². The Kier molecular flexibility index (Phi) is 4.79. The van der Waals surface area contributed by atoms with Gasteiger partial charge in [0.1, 0.15) is 17.3 Å². The van der Waals surface area contributed by atoms with Gasteiger partial charge in [0.25, 0.3) is 0 Å². The van der Waals surface area contributed by atoms with Crippen LogP contribution in [0.25, 0.3) is 0 Å². The van der Waals surface area contributed by atoms with Crippen molar-refractivity contribution in [3.63, 3.8) is 0 Å². The molecule has 0 spiro atoms. The van der Waals surface area contributed by atoms with Gasteiger partial charge in [-0.05, 0) is 47.6 Å². The molecule has 9 heteroatoms. The van der Waals surface area contributed by atoms with E-state index in [0.717, 1.165) is 17.5 Å². The zero-order chi connectivity index (χ0) is 21.7. The van der Waals surface area contributed by atoms with Gasteiger partial charge in [-0.1, -0.05) is 18.2 Å². The number of carbonyl (C=O) groups is 1. The highest BCUT2D eigenvalue weighted by molar-refractivity contribution is 5.98. The normalized spacial score (nSPS) is 23.2. The van der Waals surface area contributed by atoms with Crippen molar-refractivity contribution in [3.05, 3.63) is 77.2 Å². The molecule has 0 bridgehead atoms. The van der Waals surface area contributed by atoms with Crippen molar-refractivity contribution in [3.8, 4) is 0 Å². The lowest BCUT2D eigenvalue weighted by atomic mass is 10.1. The summed E-state index contributed by atoms with van der Waals surface area (Å²) in [5.74, 6) is -0.482. The molecule has 5 rings (SSSR count). The largest absolute Gasteiger partial charge is 0.372 e. The third-order valence-corrected chi connectivity index (χ3v) is 6.00. The monoisotopic (exact) mass is 425 g/mol. The Balaban J connectivity index is 1.34. The quantitative estimate of drug-likeness (QED) is 0.613. The molecular weight excluding hydrogens is 404 g/mol. The maximum Gasteiger partial charge on any atom is 0.245 e. The number of benzene rings is 1. The molecule has 1 unspecified atom stereocenters. The number of nitrogens with one attached hydrogen (secondary N) is 1. The van der Waals surface area contributed by atoms with Crippen molar-refractivity contribution in [2.75, 3.05) is 11.9 Å². The van der Waals surface area contributed by atoms with Crippen molar-refractivity contribution in [2.45, 2.75) is 31.2 Å². The highest BCUT2D eigenvalue weighted by Gasteiger charge is 2.52. The van der Waals surface area contributed by atoms with E-state index in [1.807, 2.05) is 12.1 Å². The second-order valence-corrected chi connectivity index (χ2v) is 8.05. The zero-order valence-corrected chi connectivity index (χ0v) is 16.7. The maximum absolute atomic E-state index is 14.5. The van der Waals surface area contributed by atoms with Crippen LogP contribution in [0.15, 0.2) is 48.8 Å². The van der Waals surface area contributed by atoms with Crippen LogP contribution in [0.1, 0.15) is 35.4 Å². The van der Waals surface area contributed by atoms with Gasteiger partial charge >= 0.3 is 0 Å². The molecule has 1 saturated carbocycles. The average Bonchev–Trinajstić information content (AvgIpc) is 3.48. The van der Waals surface area contributed by atoms with E-state index in [2.05, 4.69) is 15.4 Å². The Labute approximate surface area is 177 Å². The second kappa shape index (κ2) is 7.51. The first-order valence-electron chi connectivity index (χ1n) is 10.1. The lowest BCUT2D eigenvalue weighted by Gasteiger charge is -2.24. The molecule has 1 aliphatic carbocycles. The highest BCUT2D eigenvalue weighted by Crippen LogP contribution is 2.54. The molecular formula is C22H21F2N5O2. The fourth-order valence-corrected chi connectivity index (χ4v) is 4.31. The van der Waals surface area contributed by atoms with Crippen molar-refractivity contribution < 1.29 is 18.7 Å². The van der Waals surface area contributed by atoms with Crippen LogP contribution in [0, 0.1) is 17.6 Å². The molecule has 2 N–H and O–H groups in total. The number of pyridine rings is 1. The Morgan fingerprint density at radius 2 is 2.03 bits per heavy atom. The smallest absolute Gasteiger partial charge is 0.245 e. The third kappa shape index (κ3) is 3.60. The minimum Gasteiger partial charge on any atom is -0.372 e. The molecule has 1 amide bonds. The summed E-state index contributed by atoms with van der Waals surface area (Å²) >= 11 is 0. The Morgan fingerprint density at radius 3 is 2.81 bits per heavy atom. The summed E-state index contributed by atoms with van der Waals surface area (Å²) in [7, 11) is 1.65. The lowest BCUT2D eigenvalue weighted by molar-refractivity contribution is -0.121. The first-order chi connectivity index (χ1) is 14.9. The van der Waals surface area contributed by atoms with Crippen molar-refractivity contribution in [2.24, 2.45) is 5.92 Å². The number of fused-ring (bicyclic) bond motifs is 3. The minimum absolute atomic E-state index is 0.000544. The maximum atomic E-state index is 14.5. The number of aliphatic hydroxyl groups excluding tert-OH is 1. The van der Waals surface area contributed by atoms with Crippen LogP contribution in [0.2, 0.25) is 0 Å². The molecule has 2 aromatic heterocycles. The molecule has 1 aliphatic heterocycles. The Hall–Kier alpha value is -3.17. The van der Waals surface area contributed by atoms with Gasteiger partial charge in [-0.2, -0.15) is 5.10 Å². The van der Waals surface area contributed by atoms with E-state index in [4.69, 9.17) is 0 Å². The van der Waals surface area contributed by atoms with Crippen LogP contribution in [0.5, 0.6) is 0 Å². The van der Waals surface area contributed by atoms with E-state index in [0.29, 0.717) is 5.82 Å². The first kappa shape index (κ1) is 19.8. The number of aliphatic hydroxyl groups is 1. The van der Waals surface area contributed by atoms with E-state index < -0.39 is 18.1 Å². The summed E-state index contributed by atoms with van der Waals surface area (Å²) in [6.45, 7) is 0.223. The van der Waals surface area contributed by atoms with Gasteiger partial charge < -0.3 is 5.11 Å². The molecule has 0 radical (unpaired) electrons. The summed E-state index contributed by atoms with van der Waals surface area (Å²) in [6, 6.07) is 8.94. The van der Waals surface area contributed by atoms with Gasteiger partial charge in [0, 0.05) is 13.2 Å². The summed E-state index contributed by atoms with van der Waals surface area (Å²) in [5.41, 5.74) is 1.57. The van der Waals surface area contributed by atoms with E-state index >= 15 is 0 Å². The number of likely N-dealkylation sites (N-methyl/N-ethyl adjacent to an activating group) is 1. The molecule has 4 atom stereocenters. The Morgan fingerprint density at radius 1 is 1.26 bits per heavy atom. The van der Waals surface area contributed by atoms with Gasteiger partial charge in [-0.3, -0.25) is 19.7 Å². The predicted molar refractivity (Wildman–Crippen MR) is 108 cm³/mol. The number of carbonyl (C=O) groups excluding carboxylic acids is 1. The topological polar surface area (TPSA) is 83.3 Å². The summed E-state index contributed by atoms with van der Waals surface area (Å²) < 4.78 is 28.9. The third-order valence-electron chi connectivity index (χ3n) is 6.00. The van der Waals surface area contributed by atoms with Crippen LogP contribution in [0.4, 0.5) is 14.6 Å². The van der Waals surface area contributed by atoms with Gasteiger partial charge in [-0.15, -0.1) is 0 Å². The molecule has 2 aliphatic rings. The zero-order valence-electron chi connectivity index (χ0n) is 16.7. The van der Waals surface area contributed by atoms with Crippen LogP contribution in [-0.2, 0) is 11.3 Å². The second-order valence-electron chi connectivity index (χ2n) is 8.05. The standard InChI is InChI=1S/C22H21F2N5O2/c1-28-20-14(3-2-8-25-20)15-9-16(15)18(22(28)31)26-21(30)19-17(24)11-29(27-19)10-12-4-6-13(23)7-5-12/h2-8,11,15-16,18,21,26,30H,9-10H2,1H3/t15-,16-,18-,21?/m0/s1. The number of halogens is 2. The number of hydrogen-bond donors (Lipinski definition) is 2. The van der Waals surface area contributed by atoms with Gasteiger partial charge in [0.2, 0.25) is 5.91 Å². The molecule has 0 saturated heterocycles. The molecule has 7 nitrogen and oxygen atoms in total.